The summed E-state index contributed by atoms with van der Waals surface area (Å²) in [6.07, 6.45) is 3.16. The molecule has 5 nitrogen and oxygen atoms in total. The third kappa shape index (κ3) is 4.31. The van der Waals surface area contributed by atoms with E-state index in [0.29, 0.717) is 27.9 Å². The molecule has 154 valence electrons. The van der Waals surface area contributed by atoms with Gasteiger partial charge in [0.25, 0.3) is 0 Å². The van der Waals surface area contributed by atoms with E-state index < -0.39 is 0 Å². The number of nitrogens with one attached hydrogen (secondary N) is 1. The highest BCUT2D eigenvalue weighted by atomic mass is 16.5. The van der Waals surface area contributed by atoms with Gasteiger partial charge in [-0.1, -0.05) is 36.4 Å². The molecule has 3 aromatic rings. The van der Waals surface area contributed by atoms with Gasteiger partial charge in [-0.2, -0.15) is 0 Å². The quantitative estimate of drug-likeness (QED) is 0.474. The number of rotatable bonds is 5. The van der Waals surface area contributed by atoms with E-state index in [0.717, 1.165) is 11.3 Å². The smallest absolute Gasteiger partial charge is 0.248 e. The van der Waals surface area contributed by atoms with Gasteiger partial charge in [0.15, 0.2) is 11.6 Å². The molecule has 1 aliphatic carbocycles. The normalized spacial score (nSPS) is 12.6. The van der Waals surface area contributed by atoms with E-state index in [1.807, 2.05) is 38.1 Å². The first-order chi connectivity index (χ1) is 14.9. The highest BCUT2D eigenvalue weighted by Gasteiger charge is 2.29. The lowest BCUT2D eigenvalue weighted by molar-refractivity contribution is -0.111. The van der Waals surface area contributed by atoms with Crippen molar-refractivity contribution in [1.29, 1.82) is 0 Å². The van der Waals surface area contributed by atoms with Crippen LogP contribution in [-0.4, -0.2) is 23.6 Å². The molecule has 0 heterocycles. The third-order valence-electron chi connectivity index (χ3n) is 4.85. The molecule has 0 bridgehead atoms. The standard InChI is InChI=1S/C26H21NO4/c1-16(2)31-19-7-5-6-17(14-19)10-13-24(28)27-18-11-12-22-23(15-18)26(30)21-9-4-3-8-20(21)25(22)29/h3-16H,1-2H3,(H,27,28)/b13-10+. The zero-order valence-corrected chi connectivity index (χ0v) is 17.2. The number of carbonyl (C=O) groups excluding carboxylic acids is 3. The zero-order valence-electron chi connectivity index (χ0n) is 17.2. The molecule has 0 atom stereocenters. The Hall–Kier alpha value is -3.99. The number of fused-ring (bicyclic) bond motifs is 2. The second-order valence-electron chi connectivity index (χ2n) is 7.53. The van der Waals surface area contributed by atoms with Crippen LogP contribution in [0.25, 0.3) is 6.08 Å². The summed E-state index contributed by atoms with van der Waals surface area (Å²) in [6.45, 7) is 3.90. The van der Waals surface area contributed by atoms with Crippen molar-refractivity contribution in [3.8, 4) is 5.75 Å². The molecule has 3 aromatic carbocycles. The van der Waals surface area contributed by atoms with E-state index in [1.165, 1.54) is 6.08 Å². The van der Waals surface area contributed by atoms with Crippen LogP contribution in [-0.2, 0) is 4.79 Å². The first kappa shape index (κ1) is 20.3. The maximum atomic E-state index is 12.8. The molecule has 0 saturated heterocycles. The molecule has 0 radical (unpaired) electrons. The molecule has 4 rings (SSSR count). The first-order valence-electron chi connectivity index (χ1n) is 10.0. The van der Waals surface area contributed by atoms with Crippen molar-refractivity contribution < 1.29 is 19.1 Å². The number of carbonyl (C=O) groups is 3. The molecule has 0 aliphatic heterocycles. The Labute approximate surface area is 180 Å². The van der Waals surface area contributed by atoms with Gasteiger partial charge in [-0.15, -0.1) is 0 Å². The van der Waals surface area contributed by atoms with Crippen molar-refractivity contribution >= 4 is 29.2 Å². The van der Waals surface area contributed by atoms with Crippen molar-refractivity contribution in [1.82, 2.24) is 0 Å². The lowest BCUT2D eigenvalue weighted by Gasteiger charge is -2.18. The fraction of sp³-hybridized carbons (Fsp3) is 0.115. The van der Waals surface area contributed by atoms with Crippen LogP contribution < -0.4 is 10.1 Å². The molecule has 1 aliphatic rings. The zero-order chi connectivity index (χ0) is 22.0. The second-order valence-corrected chi connectivity index (χ2v) is 7.53. The van der Waals surface area contributed by atoms with Gasteiger partial charge in [0.1, 0.15) is 5.75 Å². The Morgan fingerprint density at radius 3 is 2.23 bits per heavy atom. The van der Waals surface area contributed by atoms with Crippen LogP contribution in [0.4, 0.5) is 5.69 Å². The summed E-state index contributed by atoms with van der Waals surface area (Å²) in [5.74, 6) is -0.0221. The fourth-order valence-electron chi connectivity index (χ4n) is 3.50. The molecular weight excluding hydrogens is 390 g/mol. The van der Waals surface area contributed by atoms with Gasteiger partial charge in [0.05, 0.1) is 6.10 Å². The van der Waals surface area contributed by atoms with Crippen LogP contribution in [0.5, 0.6) is 5.75 Å². The van der Waals surface area contributed by atoms with Crippen LogP contribution in [0.1, 0.15) is 51.3 Å². The minimum atomic E-state index is -0.342. The minimum Gasteiger partial charge on any atom is -0.491 e. The molecule has 0 aromatic heterocycles. The number of anilines is 1. The molecule has 0 saturated carbocycles. The van der Waals surface area contributed by atoms with Crippen molar-refractivity contribution in [3.05, 3.63) is 101 Å². The highest BCUT2D eigenvalue weighted by Crippen LogP contribution is 2.29. The largest absolute Gasteiger partial charge is 0.491 e. The van der Waals surface area contributed by atoms with Gasteiger partial charge in [-0.25, -0.2) is 0 Å². The Balaban J connectivity index is 1.51. The summed E-state index contributed by atoms with van der Waals surface area (Å²) in [5.41, 5.74) is 2.71. The van der Waals surface area contributed by atoms with Crippen molar-refractivity contribution in [2.24, 2.45) is 0 Å². The fourth-order valence-corrected chi connectivity index (χ4v) is 3.50. The summed E-state index contributed by atoms with van der Waals surface area (Å²) < 4.78 is 5.66. The van der Waals surface area contributed by atoms with Gasteiger partial charge in [-0.05, 0) is 55.8 Å². The molecule has 1 amide bonds. The Bertz CT molecular complexity index is 1220. The van der Waals surface area contributed by atoms with Gasteiger partial charge >= 0.3 is 0 Å². The topological polar surface area (TPSA) is 72.5 Å². The average molecular weight is 411 g/mol. The van der Waals surface area contributed by atoms with E-state index >= 15 is 0 Å². The van der Waals surface area contributed by atoms with Gasteiger partial charge in [0.2, 0.25) is 5.91 Å². The predicted molar refractivity (Wildman–Crippen MR) is 120 cm³/mol. The van der Waals surface area contributed by atoms with E-state index in [1.54, 1.807) is 48.5 Å². The Morgan fingerprint density at radius 2 is 1.52 bits per heavy atom. The summed E-state index contributed by atoms with van der Waals surface area (Å²) in [5, 5.41) is 2.75. The van der Waals surface area contributed by atoms with Gasteiger partial charge in [-0.3, -0.25) is 14.4 Å². The summed E-state index contributed by atoms with van der Waals surface area (Å²) in [7, 11) is 0. The van der Waals surface area contributed by atoms with Crippen LogP contribution in [0.15, 0.2) is 72.8 Å². The molecule has 1 N–H and O–H groups in total. The molecule has 31 heavy (non-hydrogen) atoms. The summed E-state index contributed by atoms with van der Waals surface area (Å²) in [6, 6.07) is 19.0. The Kier molecular flexibility index (Phi) is 5.50. The maximum absolute atomic E-state index is 12.8. The van der Waals surface area contributed by atoms with Crippen LogP contribution >= 0.6 is 0 Å². The number of hydrogen-bond donors (Lipinski definition) is 1. The summed E-state index contributed by atoms with van der Waals surface area (Å²) in [4.78, 5) is 37.9. The lowest BCUT2D eigenvalue weighted by atomic mass is 9.84. The van der Waals surface area contributed by atoms with Crippen LogP contribution in [0.3, 0.4) is 0 Å². The van der Waals surface area contributed by atoms with E-state index in [4.69, 9.17) is 4.74 Å². The SMILES string of the molecule is CC(C)Oc1cccc(/C=C/C(=O)Nc2ccc3c(c2)C(=O)c2ccccc2C3=O)c1. The highest BCUT2D eigenvalue weighted by molar-refractivity contribution is 6.28. The predicted octanol–water partition coefficient (Wildman–Crippen LogP) is 4.90. The third-order valence-corrected chi connectivity index (χ3v) is 4.85. The van der Waals surface area contributed by atoms with Crippen LogP contribution in [0.2, 0.25) is 0 Å². The van der Waals surface area contributed by atoms with Crippen molar-refractivity contribution in [2.75, 3.05) is 5.32 Å². The molecule has 5 heteroatoms. The second kappa shape index (κ2) is 8.40. The average Bonchev–Trinajstić information content (AvgIpc) is 2.76. The number of benzene rings is 3. The van der Waals surface area contributed by atoms with E-state index in [9.17, 15) is 14.4 Å². The number of amides is 1. The molecular formula is C26H21NO4. The lowest BCUT2D eigenvalue weighted by Crippen LogP contribution is -2.21. The first-order valence-corrected chi connectivity index (χ1v) is 10.0. The van der Waals surface area contributed by atoms with Crippen molar-refractivity contribution in [2.45, 2.75) is 20.0 Å². The monoisotopic (exact) mass is 411 g/mol. The Morgan fingerprint density at radius 1 is 0.839 bits per heavy atom. The van der Waals surface area contributed by atoms with E-state index in [-0.39, 0.29) is 23.6 Å². The van der Waals surface area contributed by atoms with Gasteiger partial charge < -0.3 is 10.1 Å². The molecule has 0 fully saturated rings. The number of ether oxygens (including phenoxy) is 1. The molecule has 0 unspecified atom stereocenters. The minimum absolute atomic E-state index is 0.0631. The van der Waals surface area contributed by atoms with Crippen molar-refractivity contribution in [3.63, 3.8) is 0 Å². The number of hydrogen-bond acceptors (Lipinski definition) is 4. The van der Waals surface area contributed by atoms with E-state index in [2.05, 4.69) is 5.32 Å². The summed E-state index contributed by atoms with van der Waals surface area (Å²) >= 11 is 0. The molecule has 0 spiro atoms. The van der Waals surface area contributed by atoms with Crippen LogP contribution in [0, 0.1) is 0 Å². The maximum Gasteiger partial charge on any atom is 0.248 e. The van der Waals surface area contributed by atoms with Gasteiger partial charge in [0, 0.05) is 34.0 Å². The number of ketones is 2.